The maximum absolute atomic E-state index is 10.4. The third-order valence-electron chi connectivity index (χ3n) is 2.93. The number of hydrogen-bond acceptors (Lipinski definition) is 6. The molecule has 21 heavy (non-hydrogen) atoms. The van der Waals surface area contributed by atoms with E-state index in [1.165, 1.54) is 12.3 Å². The van der Waals surface area contributed by atoms with Gasteiger partial charge in [-0.3, -0.25) is 4.98 Å². The fourth-order valence-corrected chi connectivity index (χ4v) is 1.70. The summed E-state index contributed by atoms with van der Waals surface area (Å²) in [7, 11) is 0. The molecule has 0 saturated heterocycles. The molecule has 3 rings (SSSR count). The Kier molecular flexibility index (Phi) is 3.63. The Bertz CT molecular complexity index is 659. The van der Waals surface area contributed by atoms with E-state index in [9.17, 15) is 4.79 Å². The van der Waals surface area contributed by atoms with Gasteiger partial charge in [-0.05, 0) is 31.1 Å². The molecule has 7 heteroatoms. The fourth-order valence-electron chi connectivity index (χ4n) is 1.70. The molecule has 2 aromatic heterocycles. The molecule has 0 amide bonds. The molecule has 1 N–H and O–H groups in total. The van der Waals surface area contributed by atoms with Crippen molar-refractivity contribution in [2.45, 2.75) is 25.4 Å². The van der Waals surface area contributed by atoms with Crippen molar-refractivity contribution in [1.82, 2.24) is 15.1 Å². The molecule has 0 bridgehead atoms. The minimum absolute atomic E-state index is 0.211. The normalized spacial score (nSPS) is 14.5. The molecule has 2 aromatic rings. The van der Waals surface area contributed by atoms with Crippen LogP contribution in [0.4, 0.5) is 0 Å². The standard InChI is InChI=1S/C14H13N3O4/c18-13(19)6-4-10-3-5-11(7-15-10)20-8-12-16-14(21-17-12)9-1-2-9/h3-7,9H,1-2,8H2,(H,18,19). The van der Waals surface area contributed by atoms with E-state index < -0.39 is 5.97 Å². The van der Waals surface area contributed by atoms with Crippen LogP contribution in [-0.2, 0) is 11.4 Å². The lowest BCUT2D eigenvalue weighted by Crippen LogP contribution is -1.98. The smallest absolute Gasteiger partial charge is 0.328 e. The molecule has 1 saturated carbocycles. The van der Waals surface area contributed by atoms with Gasteiger partial charge < -0.3 is 14.4 Å². The van der Waals surface area contributed by atoms with Crippen LogP contribution in [0.25, 0.3) is 6.08 Å². The van der Waals surface area contributed by atoms with Crippen LogP contribution < -0.4 is 4.74 Å². The van der Waals surface area contributed by atoms with Gasteiger partial charge in [-0.1, -0.05) is 5.16 Å². The van der Waals surface area contributed by atoms with Crippen molar-refractivity contribution in [2.75, 3.05) is 0 Å². The third-order valence-corrected chi connectivity index (χ3v) is 2.93. The first-order chi connectivity index (χ1) is 10.2. The van der Waals surface area contributed by atoms with E-state index in [1.807, 2.05) is 0 Å². The average Bonchev–Trinajstić information content (AvgIpc) is 3.23. The zero-order valence-electron chi connectivity index (χ0n) is 11.1. The summed E-state index contributed by atoms with van der Waals surface area (Å²) in [6, 6.07) is 3.37. The van der Waals surface area contributed by atoms with Crippen LogP contribution in [0.1, 0.15) is 36.2 Å². The summed E-state index contributed by atoms with van der Waals surface area (Å²) in [4.78, 5) is 18.7. The lowest BCUT2D eigenvalue weighted by atomic mass is 10.3. The fraction of sp³-hybridized carbons (Fsp3) is 0.286. The number of hydrogen-bond donors (Lipinski definition) is 1. The lowest BCUT2D eigenvalue weighted by molar-refractivity contribution is -0.131. The third kappa shape index (κ3) is 3.65. The molecular weight excluding hydrogens is 274 g/mol. The first-order valence-corrected chi connectivity index (χ1v) is 6.53. The summed E-state index contributed by atoms with van der Waals surface area (Å²) in [5, 5.41) is 12.4. The Morgan fingerprint density at radius 3 is 3.00 bits per heavy atom. The summed E-state index contributed by atoms with van der Waals surface area (Å²) < 4.78 is 10.6. The van der Waals surface area contributed by atoms with Gasteiger partial charge in [-0.15, -0.1) is 0 Å². The molecule has 0 atom stereocenters. The first kappa shape index (κ1) is 13.3. The molecule has 0 unspecified atom stereocenters. The summed E-state index contributed by atoms with van der Waals surface area (Å²) in [6.45, 7) is 0.211. The van der Waals surface area contributed by atoms with Gasteiger partial charge in [0, 0.05) is 12.0 Å². The number of nitrogens with zero attached hydrogens (tertiary/aromatic N) is 3. The second kappa shape index (κ2) is 5.74. The SMILES string of the molecule is O=C(O)C=Cc1ccc(OCc2noc(C3CC3)n2)cn1. The van der Waals surface area contributed by atoms with Crippen LogP contribution in [0.3, 0.4) is 0 Å². The highest BCUT2D eigenvalue weighted by molar-refractivity contribution is 5.84. The molecule has 0 aromatic carbocycles. The summed E-state index contributed by atoms with van der Waals surface area (Å²) in [5.74, 6) is 1.15. The monoisotopic (exact) mass is 287 g/mol. The number of carbonyl (C=O) groups is 1. The van der Waals surface area contributed by atoms with Gasteiger partial charge in [0.05, 0.1) is 11.9 Å². The van der Waals surface area contributed by atoms with Gasteiger partial charge in [0.15, 0.2) is 6.61 Å². The van der Waals surface area contributed by atoms with Crippen LogP contribution in [0, 0.1) is 0 Å². The van der Waals surface area contributed by atoms with Crippen LogP contribution in [-0.4, -0.2) is 26.2 Å². The zero-order valence-corrected chi connectivity index (χ0v) is 11.1. The largest absolute Gasteiger partial charge is 0.484 e. The molecular formula is C14H13N3O4. The molecule has 1 aliphatic carbocycles. The van der Waals surface area contributed by atoms with E-state index in [1.54, 1.807) is 12.1 Å². The van der Waals surface area contributed by atoms with E-state index in [0.717, 1.165) is 18.9 Å². The van der Waals surface area contributed by atoms with Gasteiger partial charge in [-0.2, -0.15) is 4.98 Å². The topological polar surface area (TPSA) is 98.3 Å². The maximum atomic E-state index is 10.4. The second-order valence-corrected chi connectivity index (χ2v) is 4.70. The van der Waals surface area contributed by atoms with Crippen LogP contribution in [0.2, 0.25) is 0 Å². The molecule has 0 radical (unpaired) electrons. The number of aliphatic carboxylic acids is 1. The van der Waals surface area contributed by atoms with Crippen LogP contribution in [0.5, 0.6) is 5.75 Å². The highest BCUT2D eigenvalue weighted by Gasteiger charge is 2.29. The molecule has 0 spiro atoms. The van der Waals surface area contributed by atoms with Crippen LogP contribution >= 0.6 is 0 Å². The van der Waals surface area contributed by atoms with Crippen molar-refractivity contribution in [3.63, 3.8) is 0 Å². The lowest BCUT2D eigenvalue weighted by Gasteiger charge is -2.02. The molecule has 7 nitrogen and oxygen atoms in total. The Morgan fingerprint density at radius 1 is 1.48 bits per heavy atom. The molecule has 108 valence electrons. The van der Waals surface area contributed by atoms with Crippen molar-refractivity contribution in [3.8, 4) is 5.75 Å². The van der Waals surface area contributed by atoms with Crippen LogP contribution in [0.15, 0.2) is 28.9 Å². The number of aromatic nitrogens is 3. The average molecular weight is 287 g/mol. The zero-order chi connectivity index (χ0) is 14.7. The minimum atomic E-state index is -1.01. The molecule has 2 heterocycles. The predicted molar refractivity (Wildman–Crippen MR) is 71.5 cm³/mol. The highest BCUT2D eigenvalue weighted by atomic mass is 16.5. The summed E-state index contributed by atoms with van der Waals surface area (Å²) in [5.41, 5.74) is 0.542. The van der Waals surface area contributed by atoms with Gasteiger partial charge >= 0.3 is 5.97 Å². The highest BCUT2D eigenvalue weighted by Crippen LogP contribution is 2.38. The summed E-state index contributed by atoms with van der Waals surface area (Å²) in [6.07, 6.45) is 6.17. The van der Waals surface area contributed by atoms with Gasteiger partial charge in [0.25, 0.3) is 0 Å². The van der Waals surface area contributed by atoms with Crippen molar-refractivity contribution in [3.05, 3.63) is 41.8 Å². The van der Waals surface area contributed by atoms with Gasteiger partial charge in [0.2, 0.25) is 11.7 Å². The van der Waals surface area contributed by atoms with Crippen molar-refractivity contribution < 1.29 is 19.2 Å². The number of carboxylic acids is 1. The molecule has 0 aliphatic heterocycles. The second-order valence-electron chi connectivity index (χ2n) is 4.70. The van der Waals surface area contributed by atoms with Gasteiger partial charge in [-0.25, -0.2) is 4.79 Å². The van der Waals surface area contributed by atoms with E-state index in [0.29, 0.717) is 29.1 Å². The predicted octanol–water partition coefficient (Wildman–Crippen LogP) is 2.02. The van der Waals surface area contributed by atoms with Crippen molar-refractivity contribution in [1.29, 1.82) is 0 Å². The Morgan fingerprint density at radius 2 is 2.33 bits per heavy atom. The number of carboxylic acid groups (broad SMARTS) is 1. The quantitative estimate of drug-likeness (QED) is 0.811. The maximum Gasteiger partial charge on any atom is 0.328 e. The van der Waals surface area contributed by atoms with Crippen molar-refractivity contribution >= 4 is 12.0 Å². The number of ether oxygens (including phenoxy) is 1. The van der Waals surface area contributed by atoms with E-state index in [2.05, 4.69) is 15.1 Å². The van der Waals surface area contributed by atoms with Gasteiger partial charge in [0.1, 0.15) is 5.75 Å². The summed E-state index contributed by atoms with van der Waals surface area (Å²) >= 11 is 0. The molecule has 1 fully saturated rings. The Balaban J connectivity index is 1.55. The van der Waals surface area contributed by atoms with Crippen molar-refractivity contribution in [2.24, 2.45) is 0 Å². The number of pyridine rings is 1. The number of rotatable bonds is 6. The van der Waals surface area contributed by atoms with E-state index >= 15 is 0 Å². The van der Waals surface area contributed by atoms with E-state index in [-0.39, 0.29) is 6.61 Å². The minimum Gasteiger partial charge on any atom is -0.484 e. The molecule has 1 aliphatic rings. The Labute approximate surface area is 120 Å². The van der Waals surface area contributed by atoms with E-state index in [4.69, 9.17) is 14.4 Å². The first-order valence-electron chi connectivity index (χ1n) is 6.53. The Hall–Kier alpha value is -2.70.